The monoisotopic (exact) mass is 189 g/mol. The Bertz CT molecular complexity index is 179. The van der Waals surface area contributed by atoms with Crippen LogP contribution in [-0.2, 0) is 11.1 Å². The van der Waals surface area contributed by atoms with E-state index >= 15 is 0 Å². The first-order valence-electron chi connectivity index (χ1n) is 3.78. The Morgan fingerprint density at radius 1 is 1.58 bits per heavy atom. The van der Waals surface area contributed by atoms with E-state index in [4.69, 9.17) is 5.26 Å². The zero-order valence-electron chi connectivity index (χ0n) is 7.15. The van der Waals surface area contributed by atoms with E-state index in [0.717, 1.165) is 6.54 Å². The van der Waals surface area contributed by atoms with Gasteiger partial charge in [0, 0.05) is 18.7 Å². The van der Waals surface area contributed by atoms with Crippen molar-refractivity contribution in [1.82, 2.24) is 4.90 Å². The maximum atomic E-state index is 10.1. The number of nitriles is 1. The fourth-order valence-electron chi connectivity index (χ4n) is 0.805. The van der Waals surface area contributed by atoms with Gasteiger partial charge in [0.2, 0.25) is 0 Å². The topological polar surface area (TPSA) is 67.2 Å². The Kier molecular flexibility index (Phi) is 6.96. The number of hydrogen-bond donors (Lipinski definition) is 0. The first-order chi connectivity index (χ1) is 5.66. The second-order valence-electron chi connectivity index (χ2n) is 2.57. The van der Waals surface area contributed by atoms with Crippen LogP contribution in [0.5, 0.6) is 0 Å². The molecule has 0 N–H and O–H groups in total. The molecule has 0 aliphatic rings. The van der Waals surface area contributed by atoms with E-state index in [-0.39, 0.29) is 5.75 Å². The van der Waals surface area contributed by atoms with Crippen LogP contribution in [0, 0.1) is 11.3 Å². The van der Waals surface area contributed by atoms with Crippen molar-refractivity contribution in [3.05, 3.63) is 0 Å². The molecule has 0 radical (unpaired) electrons. The highest BCUT2D eigenvalue weighted by molar-refractivity contribution is 7.79. The molecule has 1 atom stereocenters. The van der Waals surface area contributed by atoms with Crippen LogP contribution in [0.15, 0.2) is 0 Å². The molecular formula is C7H13N2O2S-. The van der Waals surface area contributed by atoms with Gasteiger partial charge in [-0.15, -0.1) is 0 Å². The first-order valence-corrected chi connectivity index (χ1v) is 5.02. The third-order valence-corrected chi connectivity index (χ3v) is 2.08. The van der Waals surface area contributed by atoms with E-state index in [1.807, 2.05) is 18.0 Å². The largest absolute Gasteiger partial charge is 0.772 e. The predicted octanol–water partition coefficient (Wildman–Crippen LogP) is 0.101. The van der Waals surface area contributed by atoms with Gasteiger partial charge in [0.25, 0.3) is 0 Å². The fraction of sp³-hybridized carbons (Fsp3) is 0.857. The summed E-state index contributed by atoms with van der Waals surface area (Å²) in [7, 11) is 1.88. The van der Waals surface area contributed by atoms with Crippen molar-refractivity contribution in [3.63, 3.8) is 0 Å². The Balaban J connectivity index is 3.26. The van der Waals surface area contributed by atoms with Crippen molar-refractivity contribution in [2.75, 3.05) is 25.9 Å². The van der Waals surface area contributed by atoms with E-state index in [9.17, 15) is 8.76 Å². The maximum absolute atomic E-state index is 10.1. The second-order valence-corrected chi connectivity index (χ2v) is 3.59. The van der Waals surface area contributed by atoms with Gasteiger partial charge in [-0.2, -0.15) is 5.26 Å². The molecule has 0 saturated carbocycles. The summed E-state index contributed by atoms with van der Waals surface area (Å²) < 4.78 is 20.2. The normalized spacial score (nSPS) is 12.8. The summed E-state index contributed by atoms with van der Waals surface area (Å²) >= 11 is -1.93. The molecule has 0 saturated heterocycles. The summed E-state index contributed by atoms with van der Waals surface area (Å²) in [6.07, 6.45) is 1.13. The molecule has 0 fully saturated rings. The second kappa shape index (κ2) is 7.22. The van der Waals surface area contributed by atoms with Gasteiger partial charge in [-0.3, -0.25) is 4.21 Å². The quantitative estimate of drug-likeness (QED) is 0.556. The fourth-order valence-corrected chi connectivity index (χ4v) is 1.17. The lowest BCUT2D eigenvalue weighted by Crippen LogP contribution is -2.21. The number of hydrogen-bond acceptors (Lipinski definition) is 4. The van der Waals surface area contributed by atoms with Crippen LogP contribution in [0.1, 0.15) is 12.8 Å². The lowest BCUT2D eigenvalue weighted by molar-refractivity contribution is 0.342. The van der Waals surface area contributed by atoms with Crippen LogP contribution in [0.3, 0.4) is 0 Å². The third-order valence-electron chi connectivity index (χ3n) is 1.46. The SMILES string of the molecule is CN(CCC#N)CCCS(=O)[O-]. The Hall–Kier alpha value is -0.440. The molecule has 0 aromatic carbocycles. The molecule has 0 aromatic heterocycles. The van der Waals surface area contributed by atoms with Gasteiger partial charge in [-0.1, -0.05) is 11.1 Å². The van der Waals surface area contributed by atoms with Gasteiger partial charge in [0.15, 0.2) is 0 Å². The summed E-state index contributed by atoms with van der Waals surface area (Å²) in [5.74, 6) is 0.205. The summed E-state index contributed by atoms with van der Waals surface area (Å²) in [5, 5.41) is 8.25. The molecule has 0 aliphatic heterocycles. The van der Waals surface area contributed by atoms with Crippen molar-refractivity contribution >= 4 is 11.1 Å². The molecule has 70 valence electrons. The van der Waals surface area contributed by atoms with Gasteiger partial charge in [0.05, 0.1) is 6.07 Å². The molecule has 0 aromatic rings. The highest BCUT2D eigenvalue weighted by atomic mass is 32.2. The van der Waals surface area contributed by atoms with Crippen LogP contribution in [0.4, 0.5) is 0 Å². The molecular weight excluding hydrogens is 176 g/mol. The first kappa shape index (κ1) is 11.6. The molecule has 0 amide bonds. The van der Waals surface area contributed by atoms with Gasteiger partial charge in [-0.05, 0) is 20.0 Å². The molecule has 5 heteroatoms. The van der Waals surface area contributed by atoms with Crippen molar-refractivity contribution in [2.45, 2.75) is 12.8 Å². The van der Waals surface area contributed by atoms with Crippen molar-refractivity contribution in [3.8, 4) is 6.07 Å². The molecule has 1 unspecified atom stereocenters. The average molecular weight is 189 g/mol. The molecule has 0 aliphatic carbocycles. The lowest BCUT2D eigenvalue weighted by Gasteiger charge is -2.14. The predicted molar refractivity (Wildman–Crippen MR) is 46.1 cm³/mol. The number of nitrogens with zero attached hydrogens (tertiary/aromatic N) is 2. The average Bonchev–Trinajstić information content (AvgIpc) is 2.00. The van der Waals surface area contributed by atoms with Crippen LogP contribution < -0.4 is 0 Å². The van der Waals surface area contributed by atoms with Crippen LogP contribution in [-0.4, -0.2) is 39.6 Å². The minimum absolute atomic E-state index is 0.205. The Morgan fingerprint density at radius 3 is 2.75 bits per heavy atom. The molecule has 12 heavy (non-hydrogen) atoms. The zero-order valence-corrected chi connectivity index (χ0v) is 7.97. The van der Waals surface area contributed by atoms with Gasteiger partial charge in [-0.25, -0.2) is 0 Å². The summed E-state index contributed by atoms with van der Waals surface area (Å²) in [6.45, 7) is 1.44. The van der Waals surface area contributed by atoms with E-state index in [1.54, 1.807) is 0 Å². The van der Waals surface area contributed by atoms with Crippen molar-refractivity contribution in [1.29, 1.82) is 5.26 Å². The molecule has 0 rings (SSSR count). The van der Waals surface area contributed by atoms with Crippen molar-refractivity contribution < 1.29 is 8.76 Å². The summed E-state index contributed by atoms with van der Waals surface area (Å²) in [4.78, 5) is 1.95. The van der Waals surface area contributed by atoms with Gasteiger partial charge < -0.3 is 9.45 Å². The van der Waals surface area contributed by atoms with Crippen LogP contribution in [0.2, 0.25) is 0 Å². The van der Waals surface area contributed by atoms with Gasteiger partial charge in [0.1, 0.15) is 0 Å². The number of rotatable bonds is 6. The minimum Gasteiger partial charge on any atom is -0.772 e. The van der Waals surface area contributed by atoms with Crippen LogP contribution >= 0.6 is 0 Å². The minimum atomic E-state index is -1.93. The molecule has 0 heterocycles. The van der Waals surface area contributed by atoms with E-state index in [1.165, 1.54) is 0 Å². The van der Waals surface area contributed by atoms with E-state index in [0.29, 0.717) is 19.4 Å². The lowest BCUT2D eigenvalue weighted by atomic mass is 10.4. The zero-order chi connectivity index (χ0) is 9.40. The van der Waals surface area contributed by atoms with Gasteiger partial charge >= 0.3 is 0 Å². The van der Waals surface area contributed by atoms with Crippen molar-refractivity contribution in [2.24, 2.45) is 0 Å². The smallest absolute Gasteiger partial charge is 0.0635 e. The molecule has 0 bridgehead atoms. The Morgan fingerprint density at radius 2 is 2.25 bits per heavy atom. The molecule has 0 spiro atoms. The highest BCUT2D eigenvalue weighted by Gasteiger charge is 1.96. The van der Waals surface area contributed by atoms with E-state index in [2.05, 4.69) is 0 Å². The highest BCUT2D eigenvalue weighted by Crippen LogP contribution is 1.90. The molecule has 4 nitrogen and oxygen atoms in total. The third kappa shape index (κ3) is 7.66. The maximum Gasteiger partial charge on any atom is 0.0635 e. The van der Waals surface area contributed by atoms with Crippen LogP contribution in [0.25, 0.3) is 0 Å². The standard InChI is InChI=1S/C7H14N2O2S/c1-9(5-2-4-8)6-3-7-12(10)11/h2-3,5-7H2,1H3,(H,10,11)/p-1. The Labute approximate surface area is 75.5 Å². The summed E-state index contributed by atoms with van der Waals surface area (Å²) in [5.41, 5.74) is 0. The summed E-state index contributed by atoms with van der Waals surface area (Å²) in [6, 6.07) is 2.03. The van der Waals surface area contributed by atoms with E-state index < -0.39 is 11.1 Å².